The molecule has 4 unspecified atom stereocenters. The Kier molecular flexibility index (Phi) is 10.7. The number of fused-ring (bicyclic) bond motifs is 1. The Morgan fingerprint density at radius 3 is 1.93 bits per heavy atom. The molecule has 14 nitrogen and oxygen atoms in total. The molecular formula is C28H32N6O8. The number of benzene rings is 2. The number of aromatic amines is 1. The normalized spacial score (nSPS) is 13.7. The third-order valence-electron chi connectivity index (χ3n) is 6.40. The summed E-state index contributed by atoms with van der Waals surface area (Å²) < 4.78 is 0. The van der Waals surface area contributed by atoms with Gasteiger partial charge in [-0.05, 0) is 23.6 Å². The zero-order valence-corrected chi connectivity index (χ0v) is 22.4. The number of carboxylic acids is 2. The van der Waals surface area contributed by atoms with E-state index in [-0.39, 0.29) is 12.8 Å². The first-order valence-corrected chi connectivity index (χ1v) is 12.9. The number of aliphatic carboxylic acids is 2. The number of rotatable bonds is 15. The lowest BCUT2D eigenvalue weighted by atomic mass is 10.0. The molecule has 4 amide bonds. The van der Waals surface area contributed by atoms with Crippen LogP contribution < -0.4 is 27.4 Å². The molecule has 3 rings (SSSR count). The fraction of sp³-hybridized carbons (Fsp3) is 0.286. The van der Waals surface area contributed by atoms with E-state index in [4.69, 9.17) is 11.5 Å². The third kappa shape index (κ3) is 8.89. The first kappa shape index (κ1) is 31.3. The number of H-pyrrole nitrogens is 1. The number of nitrogens with two attached hydrogens (primary N) is 2. The minimum atomic E-state index is -1.67. The predicted octanol–water partition coefficient (Wildman–Crippen LogP) is -0.830. The van der Waals surface area contributed by atoms with Crippen LogP contribution in [0.1, 0.15) is 24.0 Å². The lowest BCUT2D eigenvalue weighted by Gasteiger charge is -2.24. The number of primary amides is 1. The maximum absolute atomic E-state index is 13.1. The number of hydrogen-bond donors (Lipinski definition) is 8. The van der Waals surface area contributed by atoms with Gasteiger partial charge >= 0.3 is 11.9 Å². The molecule has 0 saturated carbocycles. The van der Waals surface area contributed by atoms with Crippen molar-refractivity contribution >= 4 is 46.5 Å². The highest BCUT2D eigenvalue weighted by molar-refractivity contribution is 5.97. The third-order valence-corrected chi connectivity index (χ3v) is 6.40. The molecule has 1 heterocycles. The number of carbonyl (C=O) groups is 6. The molecule has 0 radical (unpaired) electrons. The fourth-order valence-corrected chi connectivity index (χ4v) is 4.30. The number of amides is 4. The molecule has 0 aliphatic rings. The number of para-hydroxylation sites is 1. The van der Waals surface area contributed by atoms with Crippen LogP contribution in [-0.2, 0) is 41.6 Å². The summed E-state index contributed by atoms with van der Waals surface area (Å²) >= 11 is 0. The van der Waals surface area contributed by atoms with Gasteiger partial charge < -0.3 is 42.6 Å². The van der Waals surface area contributed by atoms with Crippen LogP contribution in [-0.4, -0.2) is 74.9 Å². The molecule has 0 fully saturated rings. The van der Waals surface area contributed by atoms with Crippen LogP contribution in [0.15, 0.2) is 60.8 Å². The molecule has 10 N–H and O–H groups in total. The smallest absolute Gasteiger partial charge is 0.326 e. The van der Waals surface area contributed by atoms with Crippen molar-refractivity contribution in [3.63, 3.8) is 0 Å². The van der Waals surface area contributed by atoms with Crippen molar-refractivity contribution in [3.8, 4) is 0 Å². The minimum absolute atomic E-state index is 0.0714. The maximum atomic E-state index is 13.1. The average Bonchev–Trinajstić information content (AvgIpc) is 3.34. The van der Waals surface area contributed by atoms with Crippen molar-refractivity contribution < 1.29 is 39.0 Å². The Bertz CT molecular complexity index is 1460. The van der Waals surface area contributed by atoms with Crippen LogP contribution in [0.2, 0.25) is 0 Å². The molecule has 0 bridgehead atoms. The quantitative estimate of drug-likeness (QED) is 0.112. The predicted molar refractivity (Wildman–Crippen MR) is 150 cm³/mol. The van der Waals surface area contributed by atoms with Crippen LogP contribution in [0.25, 0.3) is 10.9 Å². The van der Waals surface area contributed by atoms with Crippen molar-refractivity contribution in [2.24, 2.45) is 11.5 Å². The van der Waals surface area contributed by atoms with E-state index in [1.807, 2.05) is 24.3 Å². The number of carboxylic acid groups (broad SMARTS) is 2. The van der Waals surface area contributed by atoms with Gasteiger partial charge in [0.05, 0.1) is 18.9 Å². The standard InChI is InChI=1S/C28H32N6O8/c29-18(11-16-14-31-19-9-5-4-8-17(16)19)25(38)32-21(13-24(36)37)27(40)33-20(12-23(30)35)26(39)34-22(28(41)42)10-15-6-2-1-3-7-15/h1-9,14,18,20-22,31H,10-13,29H2,(H2,30,35)(H,32,38)(H,33,40)(H,34,39)(H,36,37)(H,41,42). The molecule has 0 spiro atoms. The largest absolute Gasteiger partial charge is 0.481 e. The van der Waals surface area contributed by atoms with Gasteiger partial charge in [0.25, 0.3) is 0 Å². The first-order valence-electron chi connectivity index (χ1n) is 12.9. The van der Waals surface area contributed by atoms with E-state index in [9.17, 15) is 39.0 Å². The van der Waals surface area contributed by atoms with Gasteiger partial charge in [-0.1, -0.05) is 48.5 Å². The summed E-state index contributed by atoms with van der Waals surface area (Å²) in [7, 11) is 0. The molecule has 0 aliphatic carbocycles. The minimum Gasteiger partial charge on any atom is -0.481 e. The van der Waals surface area contributed by atoms with Crippen LogP contribution in [0.5, 0.6) is 0 Å². The zero-order chi connectivity index (χ0) is 30.8. The van der Waals surface area contributed by atoms with Crippen molar-refractivity contribution in [1.29, 1.82) is 0 Å². The summed E-state index contributed by atoms with van der Waals surface area (Å²) in [5, 5.41) is 26.5. The van der Waals surface area contributed by atoms with E-state index in [1.54, 1.807) is 36.5 Å². The van der Waals surface area contributed by atoms with E-state index in [2.05, 4.69) is 20.9 Å². The Labute approximate surface area is 239 Å². The van der Waals surface area contributed by atoms with Crippen molar-refractivity contribution in [2.75, 3.05) is 0 Å². The van der Waals surface area contributed by atoms with Crippen LogP contribution in [0.4, 0.5) is 0 Å². The molecule has 0 aliphatic heterocycles. The van der Waals surface area contributed by atoms with Crippen molar-refractivity contribution in [2.45, 2.75) is 49.9 Å². The Morgan fingerprint density at radius 2 is 1.31 bits per heavy atom. The van der Waals surface area contributed by atoms with Gasteiger partial charge in [-0.2, -0.15) is 0 Å². The second kappa shape index (κ2) is 14.4. The molecule has 1 aromatic heterocycles. The lowest BCUT2D eigenvalue weighted by molar-refractivity contribution is -0.143. The van der Waals surface area contributed by atoms with E-state index in [0.29, 0.717) is 5.56 Å². The van der Waals surface area contributed by atoms with E-state index >= 15 is 0 Å². The highest BCUT2D eigenvalue weighted by atomic mass is 16.4. The molecule has 222 valence electrons. The number of carbonyl (C=O) groups excluding carboxylic acids is 4. The van der Waals surface area contributed by atoms with Crippen molar-refractivity contribution in [3.05, 3.63) is 71.9 Å². The molecule has 3 aromatic rings. The summed E-state index contributed by atoms with van der Waals surface area (Å²) in [6, 6.07) is 9.87. The molecule has 0 saturated heterocycles. The monoisotopic (exact) mass is 580 g/mol. The second-order valence-electron chi connectivity index (χ2n) is 9.65. The maximum Gasteiger partial charge on any atom is 0.326 e. The molecule has 42 heavy (non-hydrogen) atoms. The van der Waals surface area contributed by atoms with Gasteiger partial charge in [0, 0.05) is 23.5 Å². The fourth-order valence-electron chi connectivity index (χ4n) is 4.30. The highest BCUT2D eigenvalue weighted by Gasteiger charge is 2.32. The second-order valence-corrected chi connectivity index (χ2v) is 9.65. The van der Waals surface area contributed by atoms with E-state index in [1.165, 1.54) is 0 Å². The molecular weight excluding hydrogens is 548 g/mol. The van der Waals surface area contributed by atoms with Gasteiger partial charge in [-0.25, -0.2) is 4.79 Å². The summed E-state index contributed by atoms with van der Waals surface area (Å²) in [6.07, 6.45) is 0.0820. The SMILES string of the molecule is NC(=O)CC(NC(=O)C(CC(=O)O)NC(=O)C(N)Cc1c[nH]c2ccccc12)C(=O)NC(Cc1ccccc1)C(=O)O. The Hall–Kier alpha value is -5.24. The topological polar surface area (TPSA) is 247 Å². The highest BCUT2D eigenvalue weighted by Crippen LogP contribution is 2.19. The van der Waals surface area contributed by atoms with Crippen LogP contribution in [0.3, 0.4) is 0 Å². The van der Waals surface area contributed by atoms with Gasteiger partial charge in [0.2, 0.25) is 23.6 Å². The van der Waals surface area contributed by atoms with Gasteiger partial charge in [0.1, 0.15) is 18.1 Å². The van der Waals surface area contributed by atoms with Gasteiger partial charge in [-0.3, -0.25) is 24.0 Å². The summed E-state index contributed by atoms with van der Waals surface area (Å²) in [5.74, 6) is -6.78. The van der Waals surface area contributed by atoms with Crippen LogP contribution in [0, 0.1) is 0 Å². The van der Waals surface area contributed by atoms with Crippen LogP contribution >= 0.6 is 0 Å². The average molecular weight is 581 g/mol. The summed E-state index contributed by atoms with van der Waals surface area (Å²) in [5.41, 5.74) is 13.5. The van der Waals surface area contributed by atoms with Crippen molar-refractivity contribution in [1.82, 2.24) is 20.9 Å². The van der Waals surface area contributed by atoms with Gasteiger partial charge in [0.15, 0.2) is 0 Å². The number of aromatic nitrogens is 1. The van der Waals surface area contributed by atoms with Gasteiger partial charge in [-0.15, -0.1) is 0 Å². The number of nitrogens with one attached hydrogen (secondary N) is 4. The zero-order valence-electron chi connectivity index (χ0n) is 22.4. The summed E-state index contributed by atoms with van der Waals surface area (Å²) in [6.45, 7) is 0. The summed E-state index contributed by atoms with van der Waals surface area (Å²) in [4.78, 5) is 76.8. The molecule has 2 aromatic carbocycles. The Morgan fingerprint density at radius 1 is 0.738 bits per heavy atom. The first-order chi connectivity index (χ1) is 19.9. The molecule has 14 heteroatoms. The Balaban J connectivity index is 1.70. The molecule has 4 atom stereocenters. The van der Waals surface area contributed by atoms with E-state index < -0.39 is 72.6 Å². The van der Waals surface area contributed by atoms with E-state index in [0.717, 1.165) is 16.5 Å². The number of hydrogen-bond acceptors (Lipinski definition) is 7. The lowest BCUT2D eigenvalue weighted by Crippen LogP contribution is -2.58.